The van der Waals surface area contributed by atoms with Crippen LogP contribution in [0.5, 0.6) is 0 Å². The van der Waals surface area contributed by atoms with Crippen LogP contribution in [0.1, 0.15) is 29.9 Å². The van der Waals surface area contributed by atoms with Crippen molar-refractivity contribution in [1.29, 1.82) is 0 Å². The molecule has 0 radical (unpaired) electrons. The summed E-state index contributed by atoms with van der Waals surface area (Å²) in [6.07, 6.45) is 4.38. The van der Waals surface area contributed by atoms with Crippen LogP contribution >= 0.6 is 11.3 Å². The second-order valence-electron chi connectivity index (χ2n) is 7.84. The van der Waals surface area contributed by atoms with Crippen molar-refractivity contribution in [3.8, 4) is 0 Å². The van der Waals surface area contributed by atoms with Gasteiger partial charge in [-0.25, -0.2) is 9.59 Å². The molecule has 0 unspecified atom stereocenters. The van der Waals surface area contributed by atoms with Crippen LogP contribution in [0.25, 0.3) is 10.2 Å². The third kappa shape index (κ3) is 3.40. The van der Waals surface area contributed by atoms with Gasteiger partial charge in [0, 0.05) is 11.1 Å². The van der Waals surface area contributed by atoms with Gasteiger partial charge in [-0.2, -0.15) is 9.89 Å². The monoisotopic (exact) mass is 438 g/mol. The van der Waals surface area contributed by atoms with Crippen LogP contribution in [0.3, 0.4) is 0 Å². The van der Waals surface area contributed by atoms with Crippen LogP contribution in [0.4, 0.5) is 0 Å². The number of aliphatic carboxylic acids is 1. The third-order valence-electron chi connectivity index (χ3n) is 5.47. The number of aryl methyl sites for hydroxylation is 3. The van der Waals surface area contributed by atoms with E-state index in [2.05, 4.69) is 5.10 Å². The Morgan fingerprint density at radius 3 is 2.45 bits per heavy atom. The third-order valence-corrected chi connectivity index (χ3v) is 6.81. The van der Waals surface area contributed by atoms with Gasteiger partial charge in [0.1, 0.15) is 10.4 Å². The first-order chi connectivity index (χ1) is 14.7. The summed E-state index contributed by atoms with van der Waals surface area (Å²) in [6, 6.07) is 11.6. The zero-order valence-electron chi connectivity index (χ0n) is 17.4. The number of nitrogens with zero attached hydrogens (tertiary/aromatic N) is 4. The molecule has 0 aliphatic rings. The van der Waals surface area contributed by atoms with Crippen molar-refractivity contribution in [3.63, 3.8) is 0 Å². The van der Waals surface area contributed by atoms with Gasteiger partial charge < -0.3 is 5.11 Å². The Balaban J connectivity index is 1.99. The zero-order chi connectivity index (χ0) is 22.3. The van der Waals surface area contributed by atoms with Gasteiger partial charge >= 0.3 is 11.7 Å². The molecular weight excluding hydrogens is 416 g/mol. The molecule has 3 aromatic heterocycles. The summed E-state index contributed by atoms with van der Waals surface area (Å²) in [5, 5.41) is 14.2. The predicted octanol–water partition coefficient (Wildman–Crippen LogP) is 2.65. The van der Waals surface area contributed by atoms with Gasteiger partial charge in [0.25, 0.3) is 5.56 Å². The zero-order valence-corrected chi connectivity index (χ0v) is 18.2. The van der Waals surface area contributed by atoms with Crippen LogP contribution in [-0.2, 0) is 23.2 Å². The first-order valence-electron chi connectivity index (χ1n) is 9.81. The Kier molecular flexibility index (Phi) is 5.14. The summed E-state index contributed by atoms with van der Waals surface area (Å²) in [4.78, 5) is 41.2. The fraction of sp³-hybridized carbons (Fsp3) is 0.273. The minimum absolute atomic E-state index is 0.345. The average Bonchev–Trinajstić information content (AvgIpc) is 3.35. The number of benzene rings is 1. The van der Waals surface area contributed by atoms with Crippen molar-refractivity contribution >= 4 is 27.5 Å². The quantitative estimate of drug-likeness (QED) is 0.499. The molecule has 8 nitrogen and oxygen atoms in total. The fourth-order valence-corrected chi connectivity index (χ4v) is 5.05. The molecule has 1 N–H and O–H groups in total. The molecule has 1 aromatic carbocycles. The SMILES string of the molecule is Cc1c(CCc2ccccc2)sc2c1c(=O)n(-n1cccn1)c(=O)n2C(C)(C)C(=O)O. The van der Waals surface area contributed by atoms with Crippen molar-refractivity contribution in [2.24, 2.45) is 0 Å². The number of aromatic nitrogens is 4. The number of carboxylic acid groups (broad SMARTS) is 1. The van der Waals surface area contributed by atoms with Crippen LogP contribution in [-0.4, -0.2) is 30.2 Å². The van der Waals surface area contributed by atoms with Crippen LogP contribution in [0.2, 0.25) is 0 Å². The van der Waals surface area contributed by atoms with Gasteiger partial charge in [-0.05, 0) is 50.8 Å². The van der Waals surface area contributed by atoms with E-state index in [1.165, 1.54) is 42.1 Å². The lowest BCUT2D eigenvalue weighted by molar-refractivity contribution is -0.145. The molecule has 4 aromatic rings. The number of carboxylic acids is 1. The summed E-state index contributed by atoms with van der Waals surface area (Å²) in [7, 11) is 0. The van der Waals surface area contributed by atoms with Gasteiger partial charge in [0.05, 0.1) is 11.6 Å². The molecule has 0 aliphatic carbocycles. The normalized spacial score (nSPS) is 11.8. The molecule has 0 atom stereocenters. The Labute approximate surface area is 181 Å². The first kappa shape index (κ1) is 20.8. The van der Waals surface area contributed by atoms with Crippen LogP contribution in [0.15, 0.2) is 58.4 Å². The number of thiophene rings is 1. The van der Waals surface area contributed by atoms with Crippen molar-refractivity contribution in [2.75, 3.05) is 0 Å². The topological polar surface area (TPSA) is 99.1 Å². The second-order valence-corrected chi connectivity index (χ2v) is 8.93. The maximum Gasteiger partial charge on any atom is 0.354 e. The van der Waals surface area contributed by atoms with Gasteiger partial charge in [-0.15, -0.1) is 16.0 Å². The number of hydrogen-bond acceptors (Lipinski definition) is 5. The highest BCUT2D eigenvalue weighted by Gasteiger charge is 2.35. The lowest BCUT2D eigenvalue weighted by Crippen LogP contribution is -2.51. The Hall–Kier alpha value is -3.46. The Morgan fingerprint density at radius 1 is 1.13 bits per heavy atom. The minimum Gasteiger partial charge on any atom is -0.480 e. The highest BCUT2D eigenvalue weighted by atomic mass is 32.1. The number of hydrogen-bond donors (Lipinski definition) is 1. The highest BCUT2D eigenvalue weighted by Crippen LogP contribution is 2.31. The van der Waals surface area contributed by atoms with Gasteiger partial charge in [-0.1, -0.05) is 30.3 Å². The Morgan fingerprint density at radius 2 is 1.84 bits per heavy atom. The standard InChI is InChI=1S/C22H22N4O4S/c1-14-16(11-10-15-8-5-4-6-9-15)31-19-17(14)18(27)26(24-13-7-12-23-24)21(30)25(19)22(2,3)20(28)29/h4-9,12-13H,10-11H2,1-3H3,(H,28,29). The molecule has 0 saturated heterocycles. The Bertz CT molecular complexity index is 1380. The lowest BCUT2D eigenvalue weighted by Gasteiger charge is -2.24. The highest BCUT2D eigenvalue weighted by molar-refractivity contribution is 7.18. The van der Waals surface area contributed by atoms with Crippen molar-refractivity contribution in [3.05, 3.63) is 85.6 Å². The second kappa shape index (κ2) is 7.66. The number of rotatable bonds is 6. The molecule has 0 spiro atoms. The summed E-state index contributed by atoms with van der Waals surface area (Å²) in [6.45, 7) is 4.75. The van der Waals surface area contributed by atoms with Crippen molar-refractivity contribution < 1.29 is 9.90 Å². The molecule has 31 heavy (non-hydrogen) atoms. The summed E-state index contributed by atoms with van der Waals surface area (Å²) in [5.74, 6) is -1.17. The van der Waals surface area contributed by atoms with E-state index in [4.69, 9.17) is 0 Å². The van der Waals surface area contributed by atoms with E-state index in [1.807, 2.05) is 37.3 Å². The molecule has 3 heterocycles. The van der Waals surface area contributed by atoms with Crippen molar-refractivity contribution in [2.45, 2.75) is 39.2 Å². The maximum atomic E-state index is 13.4. The smallest absolute Gasteiger partial charge is 0.354 e. The van der Waals surface area contributed by atoms with Gasteiger partial charge in [0.2, 0.25) is 0 Å². The van der Waals surface area contributed by atoms with E-state index in [1.54, 1.807) is 6.07 Å². The molecule has 160 valence electrons. The van der Waals surface area contributed by atoms with E-state index in [0.29, 0.717) is 16.6 Å². The molecule has 0 saturated carbocycles. The minimum atomic E-state index is -1.56. The van der Waals surface area contributed by atoms with Crippen molar-refractivity contribution in [1.82, 2.24) is 19.1 Å². The van der Waals surface area contributed by atoms with E-state index in [0.717, 1.165) is 31.9 Å². The molecule has 9 heteroatoms. The largest absolute Gasteiger partial charge is 0.480 e. The van der Waals surface area contributed by atoms with Gasteiger partial charge in [0.15, 0.2) is 0 Å². The number of fused-ring (bicyclic) bond motifs is 1. The van der Waals surface area contributed by atoms with E-state index in [9.17, 15) is 19.5 Å². The van der Waals surface area contributed by atoms with Crippen LogP contribution in [0, 0.1) is 6.92 Å². The van der Waals surface area contributed by atoms with E-state index < -0.39 is 22.8 Å². The number of carbonyl (C=O) groups is 1. The molecule has 0 bridgehead atoms. The van der Waals surface area contributed by atoms with Gasteiger partial charge in [-0.3, -0.25) is 9.36 Å². The van der Waals surface area contributed by atoms with E-state index >= 15 is 0 Å². The fourth-order valence-electron chi connectivity index (χ4n) is 3.62. The summed E-state index contributed by atoms with van der Waals surface area (Å²) >= 11 is 1.30. The lowest BCUT2D eigenvalue weighted by atomic mass is 10.0. The average molecular weight is 439 g/mol. The molecule has 0 fully saturated rings. The predicted molar refractivity (Wildman–Crippen MR) is 119 cm³/mol. The summed E-state index contributed by atoms with van der Waals surface area (Å²) < 4.78 is 2.07. The maximum absolute atomic E-state index is 13.4. The van der Waals surface area contributed by atoms with E-state index in [-0.39, 0.29) is 0 Å². The molecular formula is C22H22N4O4S. The molecule has 4 rings (SSSR count). The molecule has 0 aliphatic heterocycles. The molecule has 0 amide bonds. The first-order valence-corrected chi connectivity index (χ1v) is 10.6. The summed E-state index contributed by atoms with van der Waals surface area (Å²) in [5.41, 5.74) is -0.898. The van der Waals surface area contributed by atoms with Crippen LogP contribution < -0.4 is 11.2 Å².